The molecule has 5 heteroatoms. The summed E-state index contributed by atoms with van der Waals surface area (Å²) < 4.78 is 0. The van der Waals surface area contributed by atoms with Crippen LogP contribution in [0.1, 0.15) is 0 Å². The number of carbonyl (C=O) groups is 1. The molecule has 0 aliphatic heterocycles. The molecule has 0 saturated heterocycles. The lowest BCUT2D eigenvalue weighted by atomic mass is 10.5. The number of carboxylic acid groups (broad SMARTS) is 2. The predicted molar refractivity (Wildman–Crippen MR) is 39.9 cm³/mol. The molecule has 1 rings (SSSR count). The number of hydrogen-bond acceptors (Lipinski definition) is 2. The lowest BCUT2D eigenvalue weighted by Gasteiger charge is -1.79. The molecule has 1 aromatic heterocycles. The first-order valence-corrected chi connectivity index (χ1v) is 2.99. The second kappa shape index (κ2) is 5.49. The minimum absolute atomic E-state index is 0.544. The molecular formula is C6H6ClNO3. The molecule has 0 bridgehead atoms. The molecule has 0 atom stereocenters. The van der Waals surface area contributed by atoms with Gasteiger partial charge in [-0.25, -0.2) is 9.78 Å². The molecule has 0 radical (unpaired) electrons. The van der Waals surface area contributed by atoms with Gasteiger partial charge in [-0.05, 0) is 12.1 Å². The quantitative estimate of drug-likeness (QED) is 0.592. The molecular weight excluding hydrogens is 170 g/mol. The summed E-state index contributed by atoms with van der Waals surface area (Å²) >= 11 is 5.43. The number of hydrogen-bond donors (Lipinski definition) is 2. The SMILES string of the molecule is Clc1ccccn1.O=C(O)O. The summed E-state index contributed by atoms with van der Waals surface area (Å²) in [4.78, 5) is 12.3. The molecule has 1 aromatic rings. The maximum atomic E-state index is 8.56. The third kappa shape index (κ3) is 8.71. The van der Waals surface area contributed by atoms with Gasteiger partial charge in [0.2, 0.25) is 0 Å². The zero-order chi connectivity index (χ0) is 8.69. The van der Waals surface area contributed by atoms with Crippen molar-refractivity contribution in [2.45, 2.75) is 0 Å². The third-order valence-corrected chi connectivity index (χ3v) is 0.852. The molecule has 0 saturated carbocycles. The topological polar surface area (TPSA) is 70.4 Å². The second-order valence-electron chi connectivity index (χ2n) is 1.44. The molecule has 0 amide bonds. The summed E-state index contributed by atoms with van der Waals surface area (Å²) in [6.45, 7) is 0. The van der Waals surface area contributed by atoms with E-state index in [-0.39, 0.29) is 0 Å². The summed E-state index contributed by atoms with van der Waals surface area (Å²) in [5.41, 5.74) is 0. The molecule has 60 valence electrons. The molecule has 0 aliphatic rings. The highest BCUT2D eigenvalue weighted by Crippen LogP contribution is 1.98. The molecule has 11 heavy (non-hydrogen) atoms. The number of halogens is 1. The van der Waals surface area contributed by atoms with Crippen molar-refractivity contribution in [3.05, 3.63) is 29.5 Å². The maximum absolute atomic E-state index is 8.56. The van der Waals surface area contributed by atoms with Crippen molar-refractivity contribution >= 4 is 17.8 Å². The largest absolute Gasteiger partial charge is 0.503 e. The van der Waals surface area contributed by atoms with Crippen LogP contribution in [0.3, 0.4) is 0 Å². The predicted octanol–water partition coefficient (Wildman–Crippen LogP) is 1.96. The van der Waals surface area contributed by atoms with Gasteiger partial charge in [0.05, 0.1) is 0 Å². The summed E-state index contributed by atoms with van der Waals surface area (Å²) in [7, 11) is 0. The van der Waals surface area contributed by atoms with Crippen LogP contribution in [0.25, 0.3) is 0 Å². The van der Waals surface area contributed by atoms with Gasteiger partial charge < -0.3 is 10.2 Å². The Morgan fingerprint density at radius 3 is 2.18 bits per heavy atom. The molecule has 0 aromatic carbocycles. The summed E-state index contributed by atoms with van der Waals surface area (Å²) in [6.07, 6.45) is -0.178. The van der Waals surface area contributed by atoms with Gasteiger partial charge in [-0.15, -0.1) is 0 Å². The van der Waals surface area contributed by atoms with Crippen LogP contribution in [-0.4, -0.2) is 21.4 Å². The first kappa shape index (κ1) is 9.71. The summed E-state index contributed by atoms with van der Waals surface area (Å²) in [6, 6.07) is 5.41. The number of pyridine rings is 1. The van der Waals surface area contributed by atoms with Crippen LogP contribution in [0.2, 0.25) is 5.15 Å². The van der Waals surface area contributed by atoms with Gasteiger partial charge in [0.25, 0.3) is 0 Å². The van der Waals surface area contributed by atoms with E-state index >= 15 is 0 Å². The van der Waals surface area contributed by atoms with Crippen molar-refractivity contribution in [1.82, 2.24) is 4.98 Å². The fourth-order valence-electron chi connectivity index (χ4n) is 0.342. The average Bonchev–Trinajstić information content (AvgIpc) is 1.87. The van der Waals surface area contributed by atoms with Gasteiger partial charge in [0.1, 0.15) is 5.15 Å². The Bertz CT molecular complexity index is 210. The Hall–Kier alpha value is -1.29. The highest BCUT2D eigenvalue weighted by molar-refractivity contribution is 6.29. The number of nitrogens with zero attached hydrogens (tertiary/aromatic N) is 1. The van der Waals surface area contributed by atoms with E-state index in [1.54, 1.807) is 12.3 Å². The minimum Gasteiger partial charge on any atom is -0.450 e. The fourth-order valence-corrected chi connectivity index (χ4v) is 0.471. The van der Waals surface area contributed by atoms with E-state index in [1.807, 2.05) is 12.1 Å². The Balaban J connectivity index is 0.000000218. The molecule has 0 unspecified atom stereocenters. The molecule has 4 nitrogen and oxygen atoms in total. The van der Waals surface area contributed by atoms with Gasteiger partial charge in [-0.2, -0.15) is 0 Å². The van der Waals surface area contributed by atoms with Crippen molar-refractivity contribution in [1.29, 1.82) is 0 Å². The van der Waals surface area contributed by atoms with Crippen molar-refractivity contribution in [3.63, 3.8) is 0 Å². The smallest absolute Gasteiger partial charge is 0.450 e. The zero-order valence-corrected chi connectivity index (χ0v) is 6.19. The average molecular weight is 176 g/mol. The van der Waals surface area contributed by atoms with E-state index in [0.29, 0.717) is 5.15 Å². The first-order valence-electron chi connectivity index (χ1n) is 2.61. The van der Waals surface area contributed by atoms with E-state index in [1.165, 1.54) is 0 Å². The lowest BCUT2D eigenvalue weighted by molar-refractivity contribution is 0.137. The van der Waals surface area contributed by atoms with E-state index in [0.717, 1.165) is 0 Å². The molecule has 0 fully saturated rings. The van der Waals surface area contributed by atoms with Crippen LogP contribution < -0.4 is 0 Å². The highest BCUT2D eigenvalue weighted by atomic mass is 35.5. The Morgan fingerprint density at radius 1 is 1.45 bits per heavy atom. The summed E-state index contributed by atoms with van der Waals surface area (Å²) in [5.74, 6) is 0. The minimum atomic E-state index is -1.83. The van der Waals surface area contributed by atoms with Crippen molar-refractivity contribution in [2.75, 3.05) is 0 Å². The van der Waals surface area contributed by atoms with Gasteiger partial charge in [-0.1, -0.05) is 17.7 Å². The monoisotopic (exact) mass is 175 g/mol. The van der Waals surface area contributed by atoms with Crippen LogP contribution in [0.15, 0.2) is 24.4 Å². The summed E-state index contributed by atoms with van der Waals surface area (Å²) in [5, 5.41) is 14.5. The van der Waals surface area contributed by atoms with Crippen LogP contribution >= 0.6 is 11.6 Å². The Kier molecular flexibility index (Phi) is 4.85. The number of aromatic nitrogens is 1. The molecule has 2 N–H and O–H groups in total. The lowest BCUT2D eigenvalue weighted by Crippen LogP contribution is -1.81. The van der Waals surface area contributed by atoms with Crippen molar-refractivity contribution in [3.8, 4) is 0 Å². The second-order valence-corrected chi connectivity index (χ2v) is 1.82. The van der Waals surface area contributed by atoms with Gasteiger partial charge in [0, 0.05) is 6.20 Å². The van der Waals surface area contributed by atoms with E-state index in [4.69, 9.17) is 26.6 Å². The van der Waals surface area contributed by atoms with Gasteiger partial charge in [-0.3, -0.25) is 0 Å². The molecule has 1 heterocycles. The van der Waals surface area contributed by atoms with E-state index in [2.05, 4.69) is 4.98 Å². The Labute approximate surface area is 68.1 Å². The zero-order valence-electron chi connectivity index (χ0n) is 5.44. The Morgan fingerprint density at radius 2 is 2.00 bits per heavy atom. The van der Waals surface area contributed by atoms with Crippen LogP contribution in [-0.2, 0) is 0 Å². The van der Waals surface area contributed by atoms with Crippen LogP contribution in [0, 0.1) is 0 Å². The standard InChI is InChI=1S/C5H4ClN.CH2O3/c6-5-3-1-2-4-7-5;2-1(3)4/h1-4H;(H2,2,3,4). The first-order chi connectivity index (χ1) is 5.13. The van der Waals surface area contributed by atoms with Gasteiger partial charge >= 0.3 is 6.16 Å². The normalized spacial score (nSPS) is 7.73. The highest BCUT2D eigenvalue weighted by Gasteiger charge is 1.76. The van der Waals surface area contributed by atoms with E-state index in [9.17, 15) is 0 Å². The third-order valence-electron chi connectivity index (χ3n) is 0.629. The number of rotatable bonds is 0. The van der Waals surface area contributed by atoms with E-state index < -0.39 is 6.16 Å². The van der Waals surface area contributed by atoms with Crippen molar-refractivity contribution < 1.29 is 15.0 Å². The van der Waals surface area contributed by atoms with Crippen molar-refractivity contribution in [2.24, 2.45) is 0 Å². The van der Waals surface area contributed by atoms with Gasteiger partial charge in [0.15, 0.2) is 0 Å². The van der Waals surface area contributed by atoms with Crippen LogP contribution in [0.5, 0.6) is 0 Å². The molecule has 0 spiro atoms. The van der Waals surface area contributed by atoms with Crippen LogP contribution in [0.4, 0.5) is 4.79 Å². The molecule has 0 aliphatic carbocycles. The maximum Gasteiger partial charge on any atom is 0.503 e. The fraction of sp³-hybridized carbons (Fsp3) is 0.